The Bertz CT molecular complexity index is 437. The van der Waals surface area contributed by atoms with Crippen LogP contribution in [0.3, 0.4) is 0 Å². The summed E-state index contributed by atoms with van der Waals surface area (Å²) in [5.41, 5.74) is -0.603. The van der Waals surface area contributed by atoms with Gasteiger partial charge in [-0.05, 0) is 12.8 Å². The Hall–Kier alpha value is -1.53. The summed E-state index contributed by atoms with van der Waals surface area (Å²) < 4.78 is 41.4. The van der Waals surface area contributed by atoms with Crippen LogP contribution < -0.4 is 10.3 Å². The molecule has 0 radical (unpaired) electrons. The van der Waals surface area contributed by atoms with Gasteiger partial charge in [-0.3, -0.25) is 4.79 Å². The first-order valence-corrected chi connectivity index (χ1v) is 4.74. The van der Waals surface area contributed by atoms with Crippen LogP contribution in [0.25, 0.3) is 0 Å². The second-order valence-electron chi connectivity index (χ2n) is 3.58. The van der Waals surface area contributed by atoms with Crippen molar-refractivity contribution < 1.29 is 17.9 Å². The van der Waals surface area contributed by atoms with E-state index >= 15 is 0 Å². The molecule has 1 aliphatic carbocycles. The van der Waals surface area contributed by atoms with Gasteiger partial charge in [0.05, 0.1) is 0 Å². The second-order valence-corrected chi connectivity index (χ2v) is 3.58. The lowest BCUT2D eigenvalue weighted by Crippen LogP contribution is -2.26. The Labute approximate surface area is 88.7 Å². The van der Waals surface area contributed by atoms with Gasteiger partial charge in [0.2, 0.25) is 0 Å². The van der Waals surface area contributed by atoms with Gasteiger partial charge < -0.3 is 9.30 Å². The van der Waals surface area contributed by atoms with Gasteiger partial charge in [0.15, 0.2) is 6.61 Å². The fourth-order valence-electron chi connectivity index (χ4n) is 1.30. The molecule has 0 atom stereocenters. The lowest BCUT2D eigenvalue weighted by Gasteiger charge is -2.09. The molecule has 88 valence electrons. The molecule has 2 rings (SSSR count). The van der Waals surface area contributed by atoms with Gasteiger partial charge in [-0.2, -0.15) is 13.2 Å². The zero-order valence-electron chi connectivity index (χ0n) is 8.20. The summed E-state index contributed by atoms with van der Waals surface area (Å²) >= 11 is 0. The largest absolute Gasteiger partial charge is 0.464 e. The molecule has 0 aliphatic heterocycles. The van der Waals surface area contributed by atoms with E-state index in [9.17, 15) is 18.0 Å². The molecule has 0 saturated heterocycles. The van der Waals surface area contributed by atoms with Crippen LogP contribution in [0.5, 0.6) is 5.88 Å². The van der Waals surface area contributed by atoms with Crippen molar-refractivity contribution >= 4 is 0 Å². The molecule has 7 heteroatoms. The van der Waals surface area contributed by atoms with E-state index in [1.54, 1.807) is 0 Å². The SMILES string of the molecule is O=c1c(OCC(F)(F)F)nccn1C1CC1. The van der Waals surface area contributed by atoms with Crippen molar-refractivity contribution in [1.29, 1.82) is 0 Å². The van der Waals surface area contributed by atoms with E-state index in [1.165, 1.54) is 17.0 Å². The summed E-state index contributed by atoms with van der Waals surface area (Å²) in [5.74, 6) is -0.494. The molecule has 0 unspecified atom stereocenters. The molecule has 1 aromatic rings. The molecule has 1 saturated carbocycles. The highest BCUT2D eigenvalue weighted by Crippen LogP contribution is 2.33. The maximum Gasteiger partial charge on any atom is 0.422 e. The number of hydrogen-bond donors (Lipinski definition) is 0. The lowest BCUT2D eigenvalue weighted by atomic mass is 10.5. The summed E-state index contributed by atoms with van der Waals surface area (Å²) in [6.07, 6.45) is -0.00842. The summed E-state index contributed by atoms with van der Waals surface area (Å²) in [4.78, 5) is 15.1. The zero-order valence-corrected chi connectivity index (χ0v) is 8.20. The fraction of sp³-hybridized carbons (Fsp3) is 0.556. The third-order valence-electron chi connectivity index (χ3n) is 2.15. The van der Waals surface area contributed by atoms with Crippen molar-refractivity contribution in [2.75, 3.05) is 6.61 Å². The molecule has 0 amide bonds. The van der Waals surface area contributed by atoms with Crippen LogP contribution >= 0.6 is 0 Å². The molecule has 1 aromatic heterocycles. The monoisotopic (exact) mass is 234 g/mol. The number of aromatic nitrogens is 2. The van der Waals surface area contributed by atoms with Crippen molar-refractivity contribution in [3.8, 4) is 5.88 Å². The average molecular weight is 234 g/mol. The van der Waals surface area contributed by atoms with Crippen molar-refractivity contribution in [2.45, 2.75) is 25.1 Å². The van der Waals surface area contributed by atoms with E-state index in [-0.39, 0.29) is 6.04 Å². The quantitative estimate of drug-likeness (QED) is 0.796. The van der Waals surface area contributed by atoms with Crippen LogP contribution in [0.2, 0.25) is 0 Å². The molecule has 0 bridgehead atoms. The maximum absolute atomic E-state index is 11.9. The Morgan fingerprint density at radius 3 is 2.75 bits per heavy atom. The molecule has 4 nitrogen and oxygen atoms in total. The van der Waals surface area contributed by atoms with Gasteiger partial charge in [-0.1, -0.05) is 0 Å². The van der Waals surface area contributed by atoms with E-state index in [1.807, 2.05) is 0 Å². The molecule has 0 aromatic carbocycles. The molecular formula is C9H9F3N2O2. The highest BCUT2D eigenvalue weighted by atomic mass is 19.4. The fourth-order valence-corrected chi connectivity index (χ4v) is 1.30. The maximum atomic E-state index is 11.9. The van der Waals surface area contributed by atoms with Crippen LogP contribution in [0, 0.1) is 0 Å². The lowest BCUT2D eigenvalue weighted by molar-refractivity contribution is -0.154. The standard InChI is InChI=1S/C9H9F3N2O2/c10-9(11,12)5-16-7-8(15)14(4-3-13-7)6-1-2-6/h3-4,6H,1-2,5H2. The topological polar surface area (TPSA) is 44.1 Å². The molecular weight excluding hydrogens is 225 g/mol. The number of halogens is 3. The normalized spacial score (nSPS) is 16.2. The first-order valence-electron chi connectivity index (χ1n) is 4.74. The van der Waals surface area contributed by atoms with Gasteiger partial charge in [0.25, 0.3) is 5.88 Å². The van der Waals surface area contributed by atoms with E-state index in [0.717, 1.165) is 12.8 Å². The Morgan fingerprint density at radius 1 is 1.50 bits per heavy atom. The molecule has 0 spiro atoms. The first-order chi connectivity index (χ1) is 7.47. The smallest absolute Gasteiger partial charge is 0.422 e. The number of nitrogens with zero attached hydrogens (tertiary/aromatic N) is 2. The van der Waals surface area contributed by atoms with Gasteiger partial charge in [-0.15, -0.1) is 0 Å². The van der Waals surface area contributed by atoms with Crippen LogP contribution in [0.4, 0.5) is 13.2 Å². The summed E-state index contributed by atoms with van der Waals surface area (Å²) in [6, 6.07) is 0.0868. The summed E-state index contributed by atoms with van der Waals surface area (Å²) in [6.45, 7) is -1.50. The number of rotatable bonds is 3. The predicted octanol–water partition coefficient (Wildman–Crippen LogP) is 1.52. The Kier molecular flexibility index (Phi) is 2.61. The minimum atomic E-state index is -4.46. The minimum Gasteiger partial charge on any atom is -0.464 e. The van der Waals surface area contributed by atoms with Crippen LogP contribution in [0.1, 0.15) is 18.9 Å². The van der Waals surface area contributed by atoms with E-state index < -0.39 is 24.2 Å². The average Bonchev–Trinajstić information content (AvgIpc) is 2.98. The zero-order chi connectivity index (χ0) is 11.8. The van der Waals surface area contributed by atoms with E-state index in [2.05, 4.69) is 9.72 Å². The van der Waals surface area contributed by atoms with Crippen molar-refractivity contribution in [1.82, 2.24) is 9.55 Å². The van der Waals surface area contributed by atoms with Crippen LogP contribution in [-0.2, 0) is 0 Å². The Morgan fingerprint density at radius 2 is 2.19 bits per heavy atom. The van der Waals surface area contributed by atoms with Crippen molar-refractivity contribution in [3.63, 3.8) is 0 Å². The molecule has 0 N–H and O–H groups in total. The third kappa shape index (κ3) is 2.53. The van der Waals surface area contributed by atoms with Gasteiger partial charge >= 0.3 is 11.7 Å². The molecule has 1 fully saturated rings. The van der Waals surface area contributed by atoms with Gasteiger partial charge in [0, 0.05) is 18.4 Å². The molecule has 16 heavy (non-hydrogen) atoms. The Balaban J connectivity index is 2.15. The summed E-state index contributed by atoms with van der Waals surface area (Å²) in [7, 11) is 0. The van der Waals surface area contributed by atoms with Crippen LogP contribution in [-0.4, -0.2) is 22.3 Å². The van der Waals surface area contributed by atoms with Gasteiger partial charge in [0.1, 0.15) is 0 Å². The van der Waals surface area contributed by atoms with Gasteiger partial charge in [-0.25, -0.2) is 4.98 Å². The van der Waals surface area contributed by atoms with Crippen molar-refractivity contribution in [3.05, 3.63) is 22.7 Å². The predicted molar refractivity (Wildman–Crippen MR) is 48.3 cm³/mol. The van der Waals surface area contributed by atoms with E-state index in [0.29, 0.717) is 0 Å². The second kappa shape index (κ2) is 3.80. The number of hydrogen-bond acceptors (Lipinski definition) is 3. The first kappa shape index (κ1) is 11.0. The molecule has 1 heterocycles. The third-order valence-corrected chi connectivity index (χ3v) is 2.15. The minimum absolute atomic E-state index is 0.0868. The number of ether oxygens (including phenoxy) is 1. The summed E-state index contributed by atoms with van der Waals surface area (Å²) in [5, 5.41) is 0. The van der Waals surface area contributed by atoms with E-state index in [4.69, 9.17) is 0 Å². The highest BCUT2D eigenvalue weighted by Gasteiger charge is 2.30. The highest BCUT2D eigenvalue weighted by molar-refractivity contribution is 5.07. The number of alkyl halides is 3. The van der Waals surface area contributed by atoms with Crippen LogP contribution in [0.15, 0.2) is 17.2 Å². The van der Waals surface area contributed by atoms with Crippen molar-refractivity contribution in [2.24, 2.45) is 0 Å². The molecule has 1 aliphatic rings.